The number of hydrogen-bond donors (Lipinski definition) is 1. The first-order valence-corrected chi connectivity index (χ1v) is 8.02. The van der Waals surface area contributed by atoms with Crippen LogP contribution in [0.2, 0.25) is 0 Å². The predicted molar refractivity (Wildman–Crippen MR) is 79.9 cm³/mol. The Morgan fingerprint density at radius 2 is 2.35 bits per heavy atom. The molecule has 1 aliphatic rings. The second-order valence-electron chi connectivity index (χ2n) is 5.69. The molecular formula is C14H21N5S. The molecule has 3 rings (SSSR count). The first-order chi connectivity index (χ1) is 9.61. The Labute approximate surface area is 123 Å². The van der Waals surface area contributed by atoms with Crippen molar-refractivity contribution < 1.29 is 0 Å². The van der Waals surface area contributed by atoms with E-state index in [1.807, 2.05) is 13.1 Å². The van der Waals surface area contributed by atoms with Gasteiger partial charge in [-0.2, -0.15) is 5.10 Å². The van der Waals surface area contributed by atoms with Crippen LogP contribution in [-0.2, 0) is 19.5 Å². The highest BCUT2D eigenvalue weighted by Crippen LogP contribution is 2.18. The van der Waals surface area contributed by atoms with Crippen LogP contribution in [0.25, 0.3) is 0 Å². The van der Waals surface area contributed by atoms with Gasteiger partial charge in [-0.25, -0.2) is 14.6 Å². The van der Waals surface area contributed by atoms with Crippen molar-refractivity contribution >= 4 is 11.3 Å². The molecule has 6 heteroatoms. The first kappa shape index (κ1) is 13.7. The second-order valence-corrected chi connectivity index (χ2v) is 7.00. The van der Waals surface area contributed by atoms with Crippen LogP contribution < -0.4 is 5.32 Å². The van der Waals surface area contributed by atoms with E-state index in [1.54, 1.807) is 11.3 Å². The number of nitrogens with one attached hydrogen (secondary N) is 1. The molecule has 5 nitrogen and oxygen atoms in total. The summed E-state index contributed by atoms with van der Waals surface area (Å²) in [5.41, 5.74) is 0. The third kappa shape index (κ3) is 2.91. The van der Waals surface area contributed by atoms with E-state index in [2.05, 4.69) is 38.9 Å². The van der Waals surface area contributed by atoms with Crippen molar-refractivity contribution in [3.8, 4) is 0 Å². The molecule has 0 aromatic carbocycles. The smallest absolute Gasteiger partial charge is 0.153 e. The van der Waals surface area contributed by atoms with Gasteiger partial charge in [-0.3, -0.25) is 0 Å². The van der Waals surface area contributed by atoms with Gasteiger partial charge in [-0.1, -0.05) is 13.8 Å². The van der Waals surface area contributed by atoms with Crippen molar-refractivity contribution in [3.05, 3.63) is 27.7 Å². The molecule has 1 atom stereocenters. The number of aryl methyl sites for hydroxylation is 2. The van der Waals surface area contributed by atoms with Gasteiger partial charge in [0.05, 0.1) is 11.6 Å². The zero-order valence-electron chi connectivity index (χ0n) is 12.3. The maximum Gasteiger partial charge on any atom is 0.153 e. The molecule has 0 aliphatic carbocycles. The number of rotatable bonds is 4. The van der Waals surface area contributed by atoms with Crippen molar-refractivity contribution in [2.75, 3.05) is 0 Å². The molecule has 0 unspecified atom stereocenters. The Morgan fingerprint density at radius 3 is 3.05 bits per heavy atom. The lowest BCUT2D eigenvalue weighted by Crippen LogP contribution is -2.37. The molecular weight excluding hydrogens is 270 g/mol. The van der Waals surface area contributed by atoms with Crippen molar-refractivity contribution in [3.63, 3.8) is 0 Å². The molecule has 0 bridgehead atoms. The molecule has 0 fully saturated rings. The van der Waals surface area contributed by atoms with Crippen LogP contribution >= 0.6 is 11.3 Å². The van der Waals surface area contributed by atoms with Crippen LogP contribution in [0.15, 0.2) is 6.20 Å². The van der Waals surface area contributed by atoms with E-state index in [4.69, 9.17) is 0 Å². The summed E-state index contributed by atoms with van der Waals surface area (Å²) in [6, 6.07) is 0.478. The Balaban J connectivity index is 1.60. The fourth-order valence-corrected chi connectivity index (χ4v) is 3.22. The van der Waals surface area contributed by atoms with Gasteiger partial charge in [0.15, 0.2) is 5.82 Å². The molecule has 0 saturated heterocycles. The van der Waals surface area contributed by atoms with E-state index >= 15 is 0 Å². The monoisotopic (exact) mass is 291 g/mol. The summed E-state index contributed by atoms with van der Waals surface area (Å²) >= 11 is 1.76. The standard InChI is InChI=1S/C14H21N5S/c1-9(2)14-17-13-5-4-11(8-19(13)18-14)16-7-12-6-15-10(3)20-12/h6,9,11,16H,4-5,7-8H2,1-3H3/t11-/m0/s1. The van der Waals surface area contributed by atoms with Crippen LogP contribution in [0, 0.1) is 6.92 Å². The van der Waals surface area contributed by atoms with E-state index in [0.29, 0.717) is 12.0 Å². The first-order valence-electron chi connectivity index (χ1n) is 7.20. The van der Waals surface area contributed by atoms with Crippen molar-refractivity contribution in [1.29, 1.82) is 0 Å². The van der Waals surface area contributed by atoms with Crippen LogP contribution in [-0.4, -0.2) is 25.8 Å². The Bertz CT molecular complexity index is 586. The molecule has 2 aromatic heterocycles. The largest absolute Gasteiger partial charge is 0.307 e. The topological polar surface area (TPSA) is 55.6 Å². The highest BCUT2D eigenvalue weighted by atomic mass is 32.1. The van der Waals surface area contributed by atoms with Crippen molar-refractivity contribution in [1.82, 2.24) is 25.1 Å². The normalized spacial score (nSPS) is 18.5. The fraction of sp³-hybridized carbons (Fsp3) is 0.643. The lowest BCUT2D eigenvalue weighted by atomic mass is 10.1. The van der Waals surface area contributed by atoms with Crippen molar-refractivity contribution in [2.45, 2.75) is 58.7 Å². The third-order valence-corrected chi connectivity index (χ3v) is 4.54. The SMILES string of the molecule is Cc1ncc(CN[C@H]2CCc3nc(C(C)C)nn3C2)s1. The second kappa shape index (κ2) is 5.61. The van der Waals surface area contributed by atoms with Gasteiger partial charge in [-0.15, -0.1) is 11.3 Å². The maximum atomic E-state index is 4.62. The minimum Gasteiger partial charge on any atom is -0.307 e. The van der Waals surface area contributed by atoms with E-state index in [-0.39, 0.29) is 0 Å². The van der Waals surface area contributed by atoms with Crippen LogP contribution in [0.4, 0.5) is 0 Å². The molecule has 0 saturated carbocycles. The summed E-state index contributed by atoms with van der Waals surface area (Å²) in [5, 5.41) is 9.36. The third-order valence-electron chi connectivity index (χ3n) is 3.62. The van der Waals surface area contributed by atoms with Gasteiger partial charge in [-0.05, 0) is 13.3 Å². The summed E-state index contributed by atoms with van der Waals surface area (Å²) in [6.07, 6.45) is 4.11. The highest BCUT2D eigenvalue weighted by Gasteiger charge is 2.22. The molecule has 0 amide bonds. The Hall–Kier alpha value is -1.27. The molecule has 1 aliphatic heterocycles. The molecule has 1 N–H and O–H groups in total. The molecule has 0 radical (unpaired) electrons. The van der Waals surface area contributed by atoms with Crippen molar-refractivity contribution in [2.24, 2.45) is 0 Å². The van der Waals surface area contributed by atoms with E-state index in [0.717, 1.165) is 42.6 Å². The Morgan fingerprint density at radius 1 is 1.50 bits per heavy atom. The summed E-state index contributed by atoms with van der Waals surface area (Å²) in [5.74, 6) is 2.51. The quantitative estimate of drug-likeness (QED) is 0.939. The van der Waals surface area contributed by atoms with Gasteiger partial charge < -0.3 is 5.32 Å². The molecule has 108 valence electrons. The summed E-state index contributed by atoms with van der Waals surface area (Å²) in [7, 11) is 0. The number of fused-ring (bicyclic) bond motifs is 1. The zero-order valence-corrected chi connectivity index (χ0v) is 13.1. The lowest BCUT2D eigenvalue weighted by Gasteiger charge is -2.23. The lowest BCUT2D eigenvalue weighted by molar-refractivity contribution is 0.358. The number of nitrogens with zero attached hydrogens (tertiary/aromatic N) is 4. The fourth-order valence-electron chi connectivity index (χ4n) is 2.47. The van der Waals surface area contributed by atoms with Gasteiger partial charge in [0.25, 0.3) is 0 Å². The highest BCUT2D eigenvalue weighted by molar-refractivity contribution is 7.11. The number of aromatic nitrogens is 4. The summed E-state index contributed by atoms with van der Waals surface area (Å²) < 4.78 is 2.08. The zero-order chi connectivity index (χ0) is 14.1. The van der Waals surface area contributed by atoms with Gasteiger partial charge >= 0.3 is 0 Å². The minimum absolute atomic E-state index is 0.402. The summed E-state index contributed by atoms with van der Waals surface area (Å²) in [6.45, 7) is 8.15. The maximum absolute atomic E-state index is 4.62. The average Bonchev–Trinajstić information content (AvgIpc) is 3.01. The van der Waals surface area contributed by atoms with Crippen LogP contribution in [0.5, 0.6) is 0 Å². The minimum atomic E-state index is 0.402. The predicted octanol–water partition coefficient (Wildman–Crippen LogP) is 2.27. The molecule has 2 aromatic rings. The van der Waals surface area contributed by atoms with Gasteiger partial charge in [0.2, 0.25) is 0 Å². The molecule has 3 heterocycles. The van der Waals surface area contributed by atoms with Gasteiger partial charge in [0.1, 0.15) is 5.82 Å². The van der Waals surface area contributed by atoms with E-state index in [1.165, 1.54) is 4.88 Å². The van der Waals surface area contributed by atoms with E-state index < -0.39 is 0 Å². The summed E-state index contributed by atoms with van der Waals surface area (Å²) in [4.78, 5) is 10.2. The number of hydrogen-bond acceptors (Lipinski definition) is 5. The van der Waals surface area contributed by atoms with Gasteiger partial charge in [0, 0.05) is 36.0 Å². The molecule has 20 heavy (non-hydrogen) atoms. The van der Waals surface area contributed by atoms with Crippen LogP contribution in [0.1, 0.15) is 47.7 Å². The molecule has 0 spiro atoms. The van der Waals surface area contributed by atoms with Crippen LogP contribution in [0.3, 0.4) is 0 Å². The average molecular weight is 291 g/mol. The Kier molecular flexibility index (Phi) is 3.85. The van der Waals surface area contributed by atoms with E-state index in [9.17, 15) is 0 Å². The number of thiazole rings is 1.